The van der Waals surface area contributed by atoms with Crippen molar-refractivity contribution >= 4 is 33.4 Å². The second-order valence-corrected chi connectivity index (χ2v) is 14.1. The Kier molecular flexibility index (Phi) is 8.20. The molecule has 0 radical (unpaired) electrons. The van der Waals surface area contributed by atoms with E-state index in [1.54, 1.807) is 24.4 Å². The van der Waals surface area contributed by atoms with Gasteiger partial charge in [-0.05, 0) is 86.7 Å². The lowest BCUT2D eigenvalue weighted by molar-refractivity contribution is -0.117. The van der Waals surface area contributed by atoms with Crippen molar-refractivity contribution in [1.82, 2.24) is 25.2 Å². The summed E-state index contributed by atoms with van der Waals surface area (Å²) in [5.41, 5.74) is 0.761. The Labute approximate surface area is 280 Å². The highest BCUT2D eigenvalue weighted by atomic mass is 19.1. The van der Waals surface area contributed by atoms with Gasteiger partial charge in [0.2, 0.25) is 5.91 Å². The van der Waals surface area contributed by atoms with Gasteiger partial charge in [-0.2, -0.15) is 9.97 Å². The number of carbonyl (C=O) groups excluding carboxylic acids is 1. The Morgan fingerprint density at radius 3 is 2.71 bits per heavy atom. The van der Waals surface area contributed by atoms with Crippen LogP contribution in [0, 0.1) is 23.6 Å². The van der Waals surface area contributed by atoms with Crippen LogP contribution in [0.25, 0.3) is 32.9 Å². The molecule has 4 aromatic rings. The maximum Gasteiger partial charge on any atom is 0.319 e. The van der Waals surface area contributed by atoms with Crippen LogP contribution in [0.3, 0.4) is 0 Å². The first kappa shape index (κ1) is 31.8. The zero-order chi connectivity index (χ0) is 33.6. The van der Waals surface area contributed by atoms with Crippen LogP contribution < -0.4 is 15.0 Å². The summed E-state index contributed by atoms with van der Waals surface area (Å²) in [6.45, 7) is 11.5. The van der Waals surface area contributed by atoms with E-state index in [1.165, 1.54) is 12.1 Å². The first-order valence-corrected chi connectivity index (χ1v) is 16.8. The Hall–Kier alpha value is -4.75. The number of rotatable bonds is 7. The van der Waals surface area contributed by atoms with Crippen LogP contribution >= 0.6 is 0 Å². The van der Waals surface area contributed by atoms with Gasteiger partial charge in [0.05, 0.1) is 17.0 Å². The number of anilines is 1. The Morgan fingerprint density at radius 2 is 1.96 bits per heavy atom. The maximum absolute atomic E-state index is 17.0. The van der Waals surface area contributed by atoms with E-state index in [1.807, 2.05) is 6.07 Å². The summed E-state index contributed by atoms with van der Waals surface area (Å²) in [4.78, 5) is 31.3. The van der Waals surface area contributed by atoms with Crippen LogP contribution in [0.1, 0.15) is 57.9 Å². The van der Waals surface area contributed by atoms with E-state index in [0.29, 0.717) is 52.8 Å². The number of terminal acetylenes is 1. The number of aromatic hydroxyl groups is 1. The Bertz CT molecular complexity index is 1960. The van der Waals surface area contributed by atoms with Crippen molar-refractivity contribution in [3.63, 3.8) is 0 Å². The molecule has 248 valence electrons. The molecule has 0 bridgehead atoms. The molecule has 2 aromatic heterocycles. The fraction of sp³-hybridized carbons (Fsp3) is 0.421. The van der Waals surface area contributed by atoms with Crippen molar-refractivity contribution in [3.8, 4) is 35.4 Å². The quantitative estimate of drug-likeness (QED) is 0.187. The Morgan fingerprint density at radius 1 is 1.19 bits per heavy atom. The molecule has 48 heavy (non-hydrogen) atoms. The molecular formula is C38H41FN6O3. The number of fused-ring (bicyclic) bond motifs is 3. The van der Waals surface area contributed by atoms with Crippen LogP contribution in [0.2, 0.25) is 0 Å². The molecule has 3 saturated heterocycles. The lowest BCUT2D eigenvalue weighted by Gasteiger charge is -2.35. The number of nitrogens with one attached hydrogen (secondary N) is 1. The number of nitrogens with zero attached hydrogens (tertiary/aromatic N) is 5. The largest absolute Gasteiger partial charge is 0.508 e. The van der Waals surface area contributed by atoms with E-state index in [9.17, 15) is 9.90 Å². The molecule has 1 unspecified atom stereocenters. The average molecular weight is 649 g/mol. The first-order chi connectivity index (χ1) is 23.1. The van der Waals surface area contributed by atoms with Gasteiger partial charge in [-0.25, -0.2) is 4.39 Å². The minimum Gasteiger partial charge on any atom is -0.508 e. The number of hydrogen-bond donors (Lipinski definition) is 2. The van der Waals surface area contributed by atoms with Gasteiger partial charge in [-0.15, -0.1) is 6.42 Å². The molecule has 3 aliphatic heterocycles. The van der Waals surface area contributed by atoms with E-state index in [-0.39, 0.29) is 45.9 Å². The molecule has 7 rings (SSSR count). The fourth-order valence-corrected chi connectivity index (χ4v) is 8.02. The molecule has 2 aromatic carbocycles. The molecule has 3 aliphatic rings. The van der Waals surface area contributed by atoms with Gasteiger partial charge in [-0.1, -0.05) is 38.5 Å². The van der Waals surface area contributed by atoms with Crippen molar-refractivity contribution < 1.29 is 19.0 Å². The summed E-state index contributed by atoms with van der Waals surface area (Å²) in [5, 5.41) is 15.5. The second kappa shape index (κ2) is 12.4. The molecule has 9 nitrogen and oxygen atoms in total. The highest BCUT2D eigenvalue weighted by Crippen LogP contribution is 2.41. The molecule has 2 N–H and O–H groups in total. The fourth-order valence-electron chi connectivity index (χ4n) is 8.02. The minimum absolute atomic E-state index is 0.0196. The molecular weight excluding hydrogens is 607 g/mol. The number of benzene rings is 2. The van der Waals surface area contributed by atoms with E-state index in [0.717, 1.165) is 51.6 Å². The molecule has 1 atom stereocenters. The molecule has 5 heterocycles. The number of hydrogen-bond acceptors (Lipinski definition) is 8. The van der Waals surface area contributed by atoms with Crippen LogP contribution in [0.5, 0.6) is 11.8 Å². The summed E-state index contributed by atoms with van der Waals surface area (Å²) in [5.74, 6) is 2.25. The van der Waals surface area contributed by atoms with Crippen LogP contribution in [-0.4, -0.2) is 75.2 Å². The van der Waals surface area contributed by atoms with Gasteiger partial charge in [-0.3, -0.25) is 14.7 Å². The lowest BCUT2D eigenvalue weighted by atomic mass is 9.81. The number of halogens is 1. The topological polar surface area (TPSA) is 104 Å². The lowest BCUT2D eigenvalue weighted by Crippen LogP contribution is -2.50. The summed E-state index contributed by atoms with van der Waals surface area (Å²) in [6.07, 6.45) is 14.8. The monoisotopic (exact) mass is 648 g/mol. The van der Waals surface area contributed by atoms with Gasteiger partial charge in [0.25, 0.3) is 0 Å². The molecule has 0 saturated carbocycles. The van der Waals surface area contributed by atoms with E-state index in [2.05, 4.69) is 51.4 Å². The number of amides is 1. The normalized spacial score (nSPS) is 20.3. The molecule has 10 heteroatoms. The number of ether oxygens (including phenoxy) is 1. The SMILES string of the molecule is C#Cc1cccc2cc(O)cc(-c3ncc4c(N5CCCC(C)(C)C(NC(=O)C=C)C5)nc(OCC56CCCN5CCC6)nc4c3F)c12. The van der Waals surface area contributed by atoms with Crippen LogP contribution in [0.15, 0.2) is 49.2 Å². The van der Waals surface area contributed by atoms with Crippen LogP contribution in [0.4, 0.5) is 10.2 Å². The maximum atomic E-state index is 17.0. The Balaban J connectivity index is 1.37. The predicted octanol–water partition coefficient (Wildman–Crippen LogP) is 5.98. The third-order valence-corrected chi connectivity index (χ3v) is 10.7. The smallest absolute Gasteiger partial charge is 0.319 e. The summed E-state index contributed by atoms with van der Waals surface area (Å²) < 4.78 is 23.4. The zero-order valence-corrected chi connectivity index (χ0v) is 27.6. The molecule has 0 aliphatic carbocycles. The standard InChI is InChI=1S/C38H41FN6O3/c1-5-24-11-7-12-25-19-26(46)20-27(31(24)25)33-32(39)34-28(21-40-33)35(44-16-8-13-37(3,4)29(22-44)41-30(47)6-2)43-36(42-34)48-23-38-14-9-17-45(38)18-10-15-38/h1,6-7,11-12,19-21,29,46H,2,8-10,13-18,22-23H2,3-4H3,(H,41,47). The number of phenols is 1. The van der Waals surface area contributed by atoms with Crippen molar-refractivity contribution in [1.29, 1.82) is 0 Å². The minimum atomic E-state index is -0.659. The molecule has 0 spiro atoms. The average Bonchev–Trinajstić information content (AvgIpc) is 3.62. The van der Waals surface area contributed by atoms with E-state index in [4.69, 9.17) is 16.1 Å². The first-order valence-electron chi connectivity index (χ1n) is 16.8. The predicted molar refractivity (Wildman–Crippen MR) is 185 cm³/mol. The number of pyridine rings is 1. The zero-order valence-electron chi connectivity index (χ0n) is 27.6. The van der Waals surface area contributed by atoms with Crippen molar-refractivity contribution in [2.75, 3.05) is 37.7 Å². The number of aromatic nitrogens is 3. The number of carbonyl (C=O) groups is 1. The summed E-state index contributed by atoms with van der Waals surface area (Å²) >= 11 is 0. The van der Waals surface area contributed by atoms with Gasteiger partial charge >= 0.3 is 6.01 Å². The van der Waals surface area contributed by atoms with Gasteiger partial charge in [0, 0.05) is 35.8 Å². The van der Waals surface area contributed by atoms with Crippen LogP contribution in [-0.2, 0) is 4.79 Å². The van der Waals surface area contributed by atoms with Gasteiger partial charge in [0.1, 0.15) is 29.4 Å². The van der Waals surface area contributed by atoms with Crippen molar-refractivity contribution in [3.05, 3.63) is 60.6 Å². The molecule has 3 fully saturated rings. The highest BCUT2D eigenvalue weighted by Gasteiger charge is 2.45. The number of phenolic OH excluding ortho intramolecular Hbond substituents is 1. The summed E-state index contributed by atoms with van der Waals surface area (Å²) in [7, 11) is 0. The second-order valence-electron chi connectivity index (χ2n) is 14.1. The van der Waals surface area contributed by atoms with E-state index < -0.39 is 5.82 Å². The third-order valence-electron chi connectivity index (χ3n) is 10.7. The van der Waals surface area contributed by atoms with Crippen molar-refractivity contribution in [2.24, 2.45) is 5.41 Å². The van der Waals surface area contributed by atoms with Gasteiger partial charge in [0.15, 0.2) is 5.82 Å². The molecule has 1 amide bonds. The highest BCUT2D eigenvalue weighted by molar-refractivity contribution is 6.02. The van der Waals surface area contributed by atoms with Crippen molar-refractivity contribution in [2.45, 2.75) is 64.0 Å². The van der Waals surface area contributed by atoms with Gasteiger partial charge < -0.3 is 20.1 Å². The van der Waals surface area contributed by atoms with E-state index >= 15 is 4.39 Å². The summed E-state index contributed by atoms with van der Waals surface area (Å²) in [6, 6.07) is 8.37. The third kappa shape index (κ3) is 5.60.